The van der Waals surface area contributed by atoms with Crippen molar-refractivity contribution in [3.63, 3.8) is 0 Å². The van der Waals surface area contributed by atoms with Crippen molar-refractivity contribution in [2.45, 2.75) is 31.4 Å². The van der Waals surface area contributed by atoms with E-state index >= 15 is 0 Å². The summed E-state index contributed by atoms with van der Waals surface area (Å²) in [6, 6.07) is 0. The van der Waals surface area contributed by atoms with Gasteiger partial charge in [-0.15, -0.1) is 0 Å². The number of rotatable bonds is 1. The van der Waals surface area contributed by atoms with E-state index in [2.05, 4.69) is 44.7 Å². The third-order valence-corrected chi connectivity index (χ3v) is 2.14. The Hall–Kier alpha value is -0.170. The normalized spacial score (nSPS) is 18.9. The van der Waals surface area contributed by atoms with E-state index in [1.165, 1.54) is 18.4 Å². The van der Waals surface area contributed by atoms with Gasteiger partial charge in [0.1, 0.15) is 4.75 Å². The fourth-order valence-corrected chi connectivity index (χ4v) is 1.33. The minimum Gasteiger partial charge on any atom is -0.0842 e. The maximum atomic E-state index is 3.69. The summed E-state index contributed by atoms with van der Waals surface area (Å²) in [5, 5.41) is 0. The quantitative estimate of drug-likeness (QED) is 0.508. The van der Waals surface area contributed by atoms with Gasteiger partial charge in [-0.25, -0.2) is 0 Å². The van der Waals surface area contributed by atoms with Crippen molar-refractivity contribution in [3.05, 3.63) is 23.8 Å². The Morgan fingerprint density at radius 3 is 2.50 bits per heavy atom. The van der Waals surface area contributed by atoms with Crippen molar-refractivity contribution in [1.29, 1.82) is 0 Å². The fraction of sp³-hybridized carbons (Fsp3) is 0.556. The van der Waals surface area contributed by atoms with Crippen LogP contribution in [0.3, 0.4) is 0 Å². The van der Waals surface area contributed by atoms with Gasteiger partial charge in [0.25, 0.3) is 0 Å². The molecule has 0 heterocycles. The van der Waals surface area contributed by atoms with E-state index in [0.29, 0.717) is 0 Å². The molecule has 10 heavy (non-hydrogen) atoms. The molecule has 0 aromatic heterocycles. The van der Waals surface area contributed by atoms with Crippen LogP contribution in [0.25, 0.3) is 0 Å². The molecule has 0 saturated carbocycles. The summed E-state index contributed by atoms with van der Waals surface area (Å²) in [5.74, 6) is 0. The average Bonchev–Trinajstić information content (AvgIpc) is 1.88. The van der Waals surface area contributed by atoms with Crippen LogP contribution >= 0.6 is 0 Å². The molecule has 0 aromatic rings. The van der Waals surface area contributed by atoms with Gasteiger partial charge in [-0.3, -0.25) is 0 Å². The molecule has 0 saturated heterocycles. The predicted octanol–water partition coefficient (Wildman–Crippen LogP) is 2.05. The van der Waals surface area contributed by atoms with Gasteiger partial charge in [-0.05, 0) is 44.9 Å². The summed E-state index contributed by atoms with van der Waals surface area (Å²) in [5.41, 5.74) is 1.49. The summed E-state index contributed by atoms with van der Waals surface area (Å²) in [7, 11) is 0. The zero-order valence-corrected chi connectivity index (χ0v) is 7.65. The first-order valence-corrected chi connectivity index (χ1v) is 4.22. The van der Waals surface area contributed by atoms with Crippen molar-refractivity contribution < 1.29 is 0 Å². The van der Waals surface area contributed by atoms with E-state index in [1.807, 2.05) is 0 Å². The lowest BCUT2D eigenvalue weighted by atomic mass is 9.94. The topological polar surface area (TPSA) is 0 Å². The second-order valence-corrected chi connectivity index (χ2v) is 4.53. The Kier molecular flexibility index (Phi) is 2.24. The van der Waals surface area contributed by atoms with Crippen molar-refractivity contribution in [1.82, 2.24) is 0 Å². The molecular formula is C9H15S+. The van der Waals surface area contributed by atoms with E-state index in [4.69, 9.17) is 0 Å². The highest BCUT2D eigenvalue weighted by molar-refractivity contribution is 7.60. The zero-order valence-electron chi connectivity index (χ0n) is 6.65. The summed E-state index contributed by atoms with van der Waals surface area (Å²) in [6.07, 6.45) is 8.95. The van der Waals surface area contributed by atoms with Crippen LogP contribution in [0.1, 0.15) is 26.7 Å². The first-order valence-electron chi connectivity index (χ1n) is 3.72. The van der Waals surface area contributed by atoms with Gasteiger partial charge >= 0.3 is 0 Å². The van der Waals surface area contributed by atoms with Crippen LogP contribution in [0.5, 0.6) is 0 Å². The molecular weight excluding hydrogens is 140 g/mol. The predicted molar refractivity (Wildman–Crippen MR) is 50.7 cm³/mol. The van der Waals surface area contributed by atoms with Gasteiger partial charge in [0, 0.05) is 0 Å². The first-order chi connectivity index (χ1) is 4.61. The van der Waals surface area contributed by atoms with Gasteiger partial charge in [0.15, 0.2) is 0 Å². The molecule has 1 rings (SSSR count). The van der Waals surface area contributed by atoms with Gasteiger partial charge in [-0.2, -0.15) is 0 Å². The summed E-state index contributed by atoms with van der Waals surface area (Å²) in [4.78, 5) is 0. The molecule has 1 heteroatoms. The summed E-state index contributed by atoms with van der Waals surface area (Å²) < 4.78 is 0.185. The van der Waals surface area contributed by atoms with Crippen LogP contribution in [0, 0.1) is 0 Å². The van der Waals surface area contributed by atoms with Gasteiger partial charge in [0.2, 0.25) is 0 Å². The smallest absolute Gasteiger partial charge is 0.0842 e. The summed E-state index contributed by atoms with van der Waals surface area (Å²) in [6.45, 7) is 4.38. The third kappa shape index (κ3) is 1.91. The second-order valence-electron chi connectivity index (χ2n) is 3.28. The number of allylic oxidation sites excluding steroid dienone is 3. The van der Waals surface area contributed by atoms with Crippen molar-refractivity contribution >= 4 is 12.6 Å². The Bertz CT molecular complexity index is 170. The van der Waals surface area contributed by atoms with Crippen LogP contribution in [0.4, 0.5) is 0 Å². The maximum Gasteiger partial charge on any atom is 0.139 e. The minimum atomic E-state index is 0.185. The second kappa shape index (κ2) is 2.83. The van der Waals surface area contributed by atoms with E-state index in [0.717, 1.165) is 0 Å². The van der Waals surface area contributed by atoms with Crippen molar-refractivity contribution in [2.24, 2.45) is 0 Å². The van der Waals surface area contributed by atoms with Gasteiger partial charge < -0.3 is 0 Å². The van der Waals surface area contributed by atoms with E-state index in [1.54, 1.807) is 0 Å². The zero-order chi connectivity index (χ0) is 7.61. The minimum absolute atomic E-state index is 0.185. The fourth-order valence-electron chi connectivity index (χ4n) is 1.12. The van der Waals surface area contributed by atoms with Crippen LogP contribution in [-0.4, -0.2) is 4.75 Å². The molecule has 1 aliphatic rings. The Balaban J connectivity index is 2.72. The Labute approximate surface area is 68.4 Å². The molecule has 0 bridgehead atoms. The van der Waals surface area contributed by atoms with Gasteiger partial charge in [0.05, 0.1) is 0 Å². The molecule has 0 N–H and O–H groups in total. The molecule has 0 aliphatic heterocycles. The highest BCUT2D eigenvalue weighted by atomic mass is 32.1. The molecule has 0 aromatic carbocycles. The SMILES string of the molecule is CC(C)([SH2+])C1=CC=CCC1. The highest BCUT2D eigenvalue weighted by Crippen LogP contribution is 2.24. The van der Waals surface area contributed by atoms with E-state index in [-0.39, 0.29) is 4.75 Å². The molecule has 1 aliphatic carbocycles. The Morgan fingerprint density at radius 1 is 1.50 bits per heavy atom. The van der Waals surface area contributed by atoms with Gasteiger partial charge in [-0.1, -0.05) is 18.2 Å². The molecule has 0 atom stereocenters. The molecule has 0 unspecified atom stereocenters. The lowest BCUT2D eigenvalue weighted by Gasteiger charge is -2.17. The molecule has 0 nitrogen and oxygen atoms in total. The first kappa shape index (κ1) is 7.93. The molecule has 0 spiro atoms. The Morgan fingerprint density at radius 2 is 2.20 bits per heavy atom. The van der Waals surface area contributed by atoms with Crippen molar-refractivity contribution in [2.75, 3.05) is 0 Å². The van der Waals surface area contributed by atoms with Crippen LogP contribution < -0.4 is 0 Å². The lowest BCUT2D eigenvalue weighted by Crippen LogP contribution is -2.19. The molecule has 56 valence electrons. The van der Waals surface area contributed by atoms with Crippen LogP contribution in [-0.2, 0) is 12.6 Å². The van der Waals surface area contributed by atoms with E-state index < -0.39 is 0 Å². The standard InChI is InChI=1S/C9H14S/c1-9(2,10)8-6-4-3-5-7-8/h3-4,6,10H,5,7H2,1-2H3/p+1. The lowest BCUT2D eigenvalue weighted by molar-refractivity contribution is 0.763. The van der Waals surface area contributed by atoms with Crippen LogP contribution in [0.2, 0.25) is 0 Å². The molecule has 0 radical (unpaired) electrons. The third-order valence-electron chi connectivity index (χ3n) is 1.82. The van der Waals surface area contributed by atoms with E-state index in [9.17, 15) is 0 Å². The maximum absolute atomic E-state index is 3.69. The average molecular weight is 155 g/mol. The van der Waals surface area contributed by atoms with Crippen molar-refractivity contribution in [3.8, 4) is 0 Å². The molecule has 0 amide bonds. The largest absolute Gasteiger partial charge is 0.139 e. The molecule has 0 fully saturated rings. The monoisotopic (exact) mass is 155 g/mol. The summed E-state index contributed by atoms with van der Waals surface area (Å²) >= 11 is 3.69. The number of hydrogen-bond donors (Lipinski definition) is 0. The highest BCUT2D eigenvalue weighted by Gasteiger charge is 2.23. The number of hydrogen-bond acceptors (Lipinski definition) is 0. The van der Waals surface area contributed by atoms with Crippen LogP contribution in [0.15, 0.2) is 23.8 Å².